The molecular weight excluding hydrogens is 236 g/mol. The zero-order valence-electron chi connectivity index (χ0n) is 12.4. The third-order valence-electron chi connectivity index (χ3n) is 3.81. The van der Waals surface area contributed by atoms with Gasteiger partial charge in [-0.05, 0) is 31.5 Å². The average Bonchev–Trinajstić information content (AvgIpc) is 2.40. The molecule has 19 heavy (non-hydrogen) atoms. The minimum absolute atomic E-state index is 0.350. The molecular formula is C16H26N2O. The zero-order chi connectivity index (χ0) is 13.7. The molecule has 0 spiro atoms. The Kier molecular flexibility index (Phi) is 5.37. The molecule has 0 bridgehead atoms. The Hall–Kier alpha value is -0.900. The maximum atomic E-state index is 5.76. The molecule has 106 valence electrons. The summed E-state index contributed by atoms with van der Waals surface area (Å²) in [7, 11) is 1.99. The van der Waals surface area contributed by atoms with E-state index < -0.39 is 0 Å². The van der Waals surface area contributed by atoms with Crippen molar-refractivity contribution < 1.29 is 4.74 Å². The molecule has 1 heterocycles. The summed E-state index contributed by atoms with van der Waals surface area (Å²) in [6, 6.07) is 9.44. The molecule has 0 aromatic heterocycles. The second-order valence-electron chi connectivity index (χ2n) is 5.49. The molecule has 3 heteroatoms. The van der Waals surface area contributed by atoms with E-state index in [9.17, 15) is 0 Å². The molecule has 1 aliphatic heterocycles. The average molecular weight is 262 g/mol. The topological polar surface area (TPSA) is 24.5 Å². The normalized spacial score (nSPS) is 24.6. The standard InChI is InChI=1S/C16H26N2O/c1-4-16-12-19-13(2)10-18(16)11-15-7-5-6-14(8-15)9-17-3/h5-8,13,16-17H,4,9-12H2,1-3H3. The van der Waals surface area contributed by atoms with Crippen LogP contribution < -0.4 is 5.32 Å². The highest BCUT2D eigenvalue weighted by atomic mass is 16.5. The fourth-order valence-electron chi connectivity index (χ4n) is 2.76. The molecule has 1 fully saturated rings. The molecule has 2 rings (SSSR count). The molecule has 0 aliphatic carbocycles. The number of rotatable bonds is 5. The van der Waals surface area contributed by atoms with Gasteiger partial charge in [0.1, 0.15) is 0 Å². The summed E-state index contributed by atoms with van der Waals surface area (Å²) in [5.41, 5.74) is 2.76. The van der Waals surface area contributed by atoms with Crippen LogP contribution in [0.2, 0.25) is 0 Å². The van der Waals surface area contributed by atoms with Crippen molar-refractivity contribution in [1.82, 2.24) is 10.2 Å². The van der Waals surface area contributed by atoms with Crippen molar-refractivity contribution in [2.24, 2.45) is 0 Å². The summed E-state index contributed by atoms with van der Waals surface area (Å²) in [4.78, 5) is 2.56. The fourth-order valence-corrected chi connectivity index (χ4v) is 2.76. The van der Waals surface area contributed by atoms with Gasteiger partial charge in [-0.1, -0.05) is 31.2 Å². The molecule has 3 nitrogen and oxygen atoms in total. The Morgan fingerprint density at radius 1 is 1.37 bits per heavy atom. The second kappa shape index (κ2) is 7.04. The van der Waals surface area contributed by atoms with Crippen molar-refractivity contribution in [2.45, 2.75) is 45.5 Å². The van der Waals surface area contributed by atoms with Crippen LogP contribution in [0.1, 0.15) is 31.4 Å². The van der Waals surface area contributed by atoms with Crippen LogP contribution in [0.3, 0.4) is 0 Å². The van der Waals surface area contributed by atoms with Gasteiger partial charge in [-0.2, -0.15) is 0 Å². The van der Waals surface area contributed by atoms with Crippen LogP contribution in [0.5, 0.6) is 0 Å². The van der Waals surface area contributed by atoms with Crippen LogP contribution in [0.25, 0.3) is 0 Å². The van der Waals surface area contributed by atoms with Gasteiger partial charge < -0.3 is 10.1 Å². The van der Waals surface area contributed by atoms with E-state index in [-0.39, 0.29) is 0 Å². The van der Waals surface area contributed by atoms with Gasteiger partial charge in [-0.25, -0.2) is 0 Å². The lowest BCUT2D eigenvalue weighted by Gasteiger charge is -2.38. The second-order valence-corrected chi connectivity index (χ2v) is 5.49. The smallest absolute Gasteiger partial charge is 0.0674 e. The van der Waals surface area contributed by atoms with E-state index in [1.54, 1.807) is 0 Å². The summed E-state index contributed by atoms with van der Waals surface area (Å²) in [6.07, 6.45) is 1.51. The summed E-state index contributed by atoms with van der Waals surface area (Å²) >= 11 is 0. The molecule has 1 aliphatic rings. The zero-order valence-corrected chi connectivity index (χ0v) is 12.4. The first-order valence-corrected chi connectivity index (χ1v) is 7.31. The first kappa shape index (κ1) is 14.5. The predicted octanol–water partition coefficient (Wildman–Crippen LogP) is 2.41. The van der Waals surface area contributed by atoms with E-state index in [1.165, 1.54) is 11.1 Å². The van der Waals surface area contributed by atoms with Crippen molar-refractivity contribution in [2.75, 3.05) is 20.2 Å². The van der Waals surface area contributed by atoms with Crippen LogP contribution in [-0.2, 0) is 17.8 Å². The quantitative estimate of drug-likeness (QED) is 0.882. The fraction of sp³-hybridized carbons (Fsp3) is 0.625. The van der Waals surface area contributed by atoms with E-state index in [1.807, 2.05) is 7.05 Å². The van der Waals surface area contributed by atoms with E-state index in [0.717, 1.165) is 32.7 Å². The number of benzene rings is 1. The number of morpholine rings is 1. The summed E-state index contributed by atoms with van der Waals surface area (Å²) < 4.78 is 5.76. The SMILES string of the molecule is CCC1COC(C)CN1Cc1cccc(CNC)c1. The molecule has 0 amide bonds. The Morgan fingerprint density at radius 3 is 2.89 bits per heavy atom. The molecule has 2 atom stereocenters. The van der Waals surface area contributed by atoms with E-state index >= 15 is 0 Å². The highest BCUT2D eigenvalue weighted by molar-refractivity contribution is 5.23. The third kappa shape index (κ3) is 4.03. The van der Waals surface area contributed by atoms with Gasteiger partial charge >= 0.3 is 0 Å². The van der Waals surface area contributed by atoms with E-state index in [2.05, 4.69) is 48.3 Å². The summed E-state index contributed by atoms with van der Waals surface area (Å²) in [5.74, 6) is 0. The van der Waals surface area contributed by atoms with E-state index in [0.29, 0.717) is 12.1 Å². The number of nitrogens with zero attached hydrogens (tertiary/aromatic N) is 1. The molecule has 0 saturated carbocycles. The van der Waals surface area contributed by atoms with Crippen LogP contribution in [0.4, 0.5) is 0 Å². The molecule has 0 radical (unpaired) electrons. The summed E-state index contributed by atoms with van der Waals surface area (Å²) in [6.45, 7) is 8.28. The first-order valence-electron chi connectivity index (χ1n) is 7.31. The number of nitrogens with one attached hydrogen (secondary N) is 1. The molecule has 1 aromatic rings. The highest BCUT2D eigenvalue weighted by Crippen LogP contribution is 2.18. The Morgan fingerprint density at radius 2 is 2.16 bits per heavy atom. The van der Waals surface area contributed by atoms with Crippen molar-refractivity contribution in [3.63, 3.8) is 0 Å². The molecule has 2 unspecified atom stereocenters. The molecule has 1 saturated heterocycles. The van der Waals surface area contributed by atoms with Crippen LogP contribution in [-0.4, -0.2) is 37.2 Å². The Labute approximate surface area is 116 Å². The maximum Gasteiger partial charge on any atom is 0.0674 e. The van der Waals surface area contributed by atoms with Crippen LogP contribution >= 0.6 is 0 Å². The minimum Gasteiger partial charge on any atom is -0.376 e. The van der Waals surface area contributed by atoms with Crippen LogP contribution in [0, 0.1) is 0 Å². The monoisotopic (exact) mass is 262 g/mol. The van der Waals surface area contributed by atoms with Gasteiger partial charge in [-0.15, -0.1) is 0 Å². The largest absolute Gasteiger partial charge is 0.376 e. The molecule has 1 N–H and O–H groups in total. The number of ether oxygens (including phenoxy) is 1. The van der Waals surface area contributed by atoms with Crippen molar-refractivity contribution in [1.29, 1.82) is 0 Å². The summed E-state index contributed by atoms with van der Waals surface area (Å²) in [5, 5.41) is 3.21. The van der Waals surface area contributed by atoms with Gasteiger partial charge in [-0.3, -0.25) is 4.90 Å². The first-order chi connectivity index (χ1) is 9.22. The van der Waals surface area contributed by atoms with Gasteiger partial charge in [0.25, 0.3) is 0 Å². The Bertz CT molecular complexity index is 394. The van der Waals surface area contributed by atoms with Crippen molar-refractivity contribution >= 4 is 0 Å². The molecule has 1 aromatic carbocycles. The van der Waals surface area contributed by atoms with Crippen molar-refractivity contribution in [3.8, 4) is 0 Å². The van der Waals surface area contributed by atoms with Gasteiger partial charge in [0, 0.05) is 25.7 Å². The number of hydrogen-bond acceptors (Lipinski definition) is 3. The van der Waals surface area contributed by atoms with Gasteiger partial charge in [0.05, 0.1) is 12.7 Å². The van der Waals surface area contributed by atoms with Crippen LogP contribution in [0.15, 0.2) is 24.3 Å². The van der Waals surface area contributed by atoms with E-state index in [4.69, 9.17) is 4.74 Å². The third-order valence-corrected chi connectivity index (χ3v) is 3.81. The predicted molar refractivity (Wildman–Crippen MR) is 79.1 cm³/mol. The lowest BCUT2D eigenvalue weighted by Crippen LogP contribution is -2.47. The lowest BCUT2D eigenvalue weighted by atomic mass is 10.1. The number of hydrogen-bond donors (Lipinski definition) is 1. The van der Waals surface area contributed by atoms with Crippen molar-refractivity contribution in [3.05, 3.63) is 35.4 Å². The maximum absolute atomic E-state index is 5.76. The lowest BCUT2D eigenvalue weighted by molar-refractivity contribution is -0.0592. The van der Waals surface area contributed by atoms with Gasteiger partial charge in [0.15, 0.2) is 0 Å². The van der Waals surface area contributed by atoms with Gasteiger partial charge in [0.2, 0.25) is 0 Å². The highest BCUT2D eigenvalue weighted by Gasteiger charge is 2.25. The Balaban J connectivity index is 2.03. The minimum atomic E-state index is 0.350.